The summed E-state index contributed by atoms with van der Waals surface area (Å²) in [5.74, 6) is 1.71. The molecule has 1 atom stereocenters. The maximum atomic E-state index is 5.44. The molecule has 2 nitrogen and oxygen atoms in total. The second kappa shape index (κ2) is 6.44. The molecule has 0 amide bonds. The van der Waals surface area contributed by atoms with Gasteiger partial charge in [0, 0.05) is 15.3 Å². The van der Waals surface area contributed by atoms with E-state index in [0.29, 0.717) is 0 Å². The van der Waals surface area contributed by atoms with Gasteiger partial charge in [0.1, 0.15) is 11.5 Å². The minimum absolute atomic E-state index is 0.128. The Balaban J connectivity index is 2.38. The van der Waals surface area contributed by atoms with Crippen LogP contribution in [0.3, 0.4) is 0 Å². The standard InChI is InChI=1S/C15H17BrO2S/c1-4-11-6-8-14(19-11)15(16)12-9-10(17-2)5-7-13(12)18-3/h5-9,15H,4H2,1-3H3. The summed E-state index contributed by atoms with van der Waals surface area (Å²) in [6.07, 6.45) is 1.07. The molecule has 0 radical (unpaired) electrons. The summed E-state index contributed by atoms with van der Waals surface area (Å²) in [5, 5.41) is 0. The molecule has 0 saturated carbocycles. The van der Waals surface area contributed by atoms with Gasteiger partial charge in [-0.15, -0.1) is 11.3 Å². The Morgan fingerprint density at radius 1 is 1.16 bits per heavy atom. The average molecular weight is 341 g/mol. The Morgan fingerprint density at radius 2 is 1.95 bits per heavy atom. The summed E-state index contributed by atoms with van der Waals surface area (Å²) < 4.78 is 10.7. The highest BCUT2D eigenvalue weighted by Gasteiger charge is 2.18. The third kappa shape index (κ3) is 3.12. The van der Waals surface area contributed by atoms with Crippen molar-refractivity contribution in [2.45, 2.75) is 18.2 Å². The molecule has 0 aliphatic carbocycles. The van der Waals surface area contributed by atoms with E-state index < -0.39 is 0 Å². The predicted molar refractivity (Wildman–Crippen MR) is 84.0 cm³/mol. The lowest BCUT2D eigenvalue weighted by Gasteiger charge is -2.14. The minimum Gasteiger partial charge on any atom is -0.497 e. The van der Waals surface area contributed by atoms with Gasteiger partial charge in [0.25, 0.3) is 0 Å². The number of halogens is 1. The molecular weight excluding hydrogens is 324 g/mol. The molecule has 2 rings (SSSR count). The molecule has 1 aromatic carbocycles. The van der Waals surface area contributed by atoms with Crippen molar-refractivity contribution < 1.29 is 9.47 Å². The van der Waals surface area contributed by atoms with Gasteiger partial charge in [0.2, 0.25) is 0 Å². The number of thiophene rings is 1. The summed E-state index contributed by atoms with van der Waals surface area (Å²) in [5.41, 5.74) is 1.09. The second-order valence-corrected chi connectivity index (χ2v) is 6.24. The zero-order valence-corrected chi connectivity index (χ0v) is 13.7. The summed E-state index contributed by atoms with van der Waals surface area (Å²) in [6, 6.07) is 10.2. The normalized spacial score (nSPS) is 12.2. The number of benzene rings is 1. The third-order valence-corrected chi connectivity index (χ3v) is 5.57. The van der Waals surface area contributed by atoms with Gasteiger partial charge in [0.05, 0.1) is 19.0 Å². The molecule has 0 aliphatic rings. The van der Waals surface area contributed by atoms with Crippen molar-refractivity contribution in [2.24, 2.45) is 0 Å². The van der Waals surface area contributed by atoms with Crippen molar-refractivity contribution in [3.8, 4) is 11.5 Å². The molecule has 1 unspecified atom stereocenters. The van der Waals surface area contributed by atoms with Crippen LogP contribution >= 0.6 is 27.3 Å². The highest BCUT2D eigenvalue weighted by Crippen LogP contribution is 2.41. The first-order valence-corrected chi connectivity index (χ1v) is 7.87. The fourth-order valence-corrected chi connectivity index (χ4v) is 3.65. The molecule has 0 N–H and O–H groups in total. The Kier molecular flexibility index (Phi) is 4.88. The number of hydrogen-bond acceptors (Lipinski definition) is 3. The van der Waals surface area contributed by atoms with Gasteiger partial charge in [-0.25, -0.2) is 0 Å². The summed E-state index contributed by atoms with van der Waals surface area (Å²) in [7, 11) is 3.37. The van der Waals surface area contributed by atoms with Crippen molar-refractivity contribution in [1.82, 2.24) is 0 Å². The van der Waals surface area contributed by atoms with Crippen molar-refractivity contribution >= 4 is 27.3 Å². The highest BCUT2D eigenvalue weighted by atomic mass is 79.9. The molecule has 1 heterocycles. The summed E-state index contributed by atoms with van der Waals surface area (Å²) >= 11 is 5.59. The lowest BCUT2D eigenvalue weighted by Crippen LogP contribution is -1.96. The van der Waals surface area contributed by atoms with Crippen molar-refractivity contribution in [2.75, 3.05) is 14.2 Å². The van der Waals surface area contributed by atoms with E-state index in [1.54, 1.807) is 14.2 Å². The van der Waals surface area contributed by atoms with Gasteiger partial charge in [-0.2, -0.15) is 0 Å². The van der Waals surface area contributed by atoms with Crippen LogP contribution in [0.4, 0.5) is 0 Å². The molecule has 0 fully saturated rings. The molecule has 102 valence electrons. The first-order chi connectivity index (χ1) is 9.19. The Labute approximate surface area is 126 Å². The van der Waals surface area contributed by atoms with E-state index >= 15 is 0 Å². The maximum absolute atomic E-state index is 5.44. The smallest absolute Gasteiger partial charge is 0.123 e. The van der Waals surface area contributed by atoms with E-state index in [1.165, 1.54) is 9.75 Å². The van der Waals surface area contributed by atoms with Gasteiger partial charge < -0.3 is 9.47 Å². The number of aryl methyl sites for hydroxylation is 1. The lowest BCUT2D eigenvalue weighted by molar-refractivity contribution is 0.399. The fraction of sp³-hybridized carbons (Fsp3) is 0.333. The average Bonchev–Trinajstić information content (AvgIpc) is 2.94. The first-order valence-electron chi connectivity index (χ1n) is 6.14. The summed E-state index contributed by atoms with van der Waals surface area (Å²) in [4.78, 5) is 2.80. The van der Waals surface area contributed by atoms with Crippen LogP contribution in [0.25, 0.3) is 0 Å². The monoisotopic (exact) mass is 340 g/mol. The molecule has 0 spiro atoms. The number of hydrogen-bond donors (Lipinski definition) is 0. The molecule has 2 aromatic rings. The van der Waals surface area contributed by atoms with E-state index in [1.807, 2.05) is 29.5 Å². The molecule has 4 heteroatoms. The van der Waals surface area contributed by atoms with Crippen LogP contribution in [0.15, 0.2) is 30.3 Å². The van der Waals surface area contributed by atoms with Gasteiger partial charge in [-0.1, -0.05) is 22.9 Å². The van der Waals surface area contributed by atoms with Gasteiger partial charge in [-0.3, -0.25) is 0 Å². The van der Waals surface area contributed by atoms with Crippen molar-refractivity contribution in [3.05, 3.63) is 45.6 Å². The van der Waals surface area contributed by atoms with Crippen LogP contribution in [-0.4, -0.2) is 14.2 Å². The molecule has 1 aromatic heterocycles. The summed E-state index contributed by atoms with van der Waals surface area (Å²) in [6.45, 7) is 2.17. The lowest BCUT2D eigenvalue weighted by atomic mass is 10.1. The van der Waals surface area contributed by atoms with Gasteiger partial charge >= 0.3 is 0 Å². The van der Waals surface area contributed by atoms with Crippen LogP contribution in [0.1, 0.15) is 27.1 Å². The minimum atomic E-state index is 0.128. The number of alkyl halides is 1. The van der Waals surface area contributed by atoms with E-state index in [9.17, 15) is 0 Å². The third-order valence-electron chi connectivity index (χ3n) is 2.99. The molecule has 0 aliphatic heterocycles. The van der Waals surface area contributed by atoms with Crippen molar-refractivity contribution in [3.63, 3.8) is 0 Å². The quantitative estimate of drug-likeness (QED) is 0.727. The molecule has 0 bridgehead atoms. The van der Waals surface area contributed by atoms with Crippen LogP contribution in [0.2, 0.25) is 0 Å². The van der Waals surface area contributed by atoms with Gasteiger partial charge in [-0.05, 0) is 36.8 Å². The number of ether oxygens (including phenoxy) is 2. The maximum Gasteiger partial charge on any atom is 0.123 e. The Bertz CT molecular complexity index is 551. The van der Waals surface area contributed by atoms with Crippen LogP contribution in [0.5, 0.6) is 11.5 Å². The Hall–Kier alpha value is -1.00. The SMILES string of the molecule is CCc1ccc(C(Br)c2cc(OC)ccc2OC)s1. The molecule has 0 saturated heterocycles. The van der Waals surface area contributed by atoms with Crippen LogP contribution < -0.4 is 9.47 Å². The second-order valence-electron chi connectivity index (χ2n) is 4.13. The zero-order chi connectivity index (χ0) is 13.8. The van der Waals surface area contributed by atoms with E-state index in [0.717, 1.165) is 23.5 Å². The topological polar surface area (TPSA) is 18.5 Å². The highest BCUT2D eigenvalue weighted by molar-refractivity contribution is 9.09. The van der Waals surface area contributed by atoms with E-state index in [4.69, 9.17) is 9.47 Å². The molecule has 19 heavy (non-hydrogen) atoms. The van der Waals surface area contributed by atoms with Crippen LogP contribution in [0, 0.1) is 0 Å². The Morgan fingerprint density at radius 3 is 2.53 bits per heavy atom. The first kappa shape index (κ1) is 14.4. The number of rotatable bonds is 5. The largest absolute Gasteiger partial charge is 0.497 e. The van der Waals surface area contributed by atoms with Crippen LogP contribution in [-0.2, 0) is 6.42 Å². The zero-order valence-electron chi connectivity index (χ0n) is 11.3. The van der Waals surface area contributed by atoms with Gasteiger partial charge in [0.15, 0.2) is 0 Å². The van der Waals surface area contributed by atoms with E-state index in [2.05, 4.69) is 35.0 Å². The fourth-order valence-electron chi connectivity index (χ4n) is 1.91. The molecular formula is C15H17BrO2S. The van der Waals surface area contributed by atoms with Crippen molar-refractivity contribution in [1.29, 1.82) is 0 Å². The predicted octanol–water partition coefficient (Wildman–Crippen LogP) is 4.81. The van der Waals surface area contributed by atoms with E-state index in [-0.39, 0.29) is 4.83 Å². The number of methoxy groups -OCH3 is 2.